The summed E-state index contributed by atoms with van der Waals surface area (Å²) in [6.45, 7) is 0. The van der Waals surface area contributed by atoms with Crippen LogP contribution in [0.25, 0.3) is 0 Å². The summed E-state index contributed by atoms with van der Waals surface area (Å²) in [6, 6.07) is 8.05. The molecule has 0 aromatic heterocycles. The molecule has 5 nitrogen and oxygen atoms in total. The molecule has 1 aliphatic rings. The molecule has 3 unspecified atom stereocenters. The lowest BCUT2D eigenvalue weighted by atomic mass is 10.0. The Bertz CT molecular complexity index is 692. The fourth-order valence-electron chi connectivity index (χ4n) is 3.17. The van der Waals surface area contributed by atoms with E-state index in [1.807, 2.05) is 30.5 Å². The van der Waals surface area contributed by atoms with E-state index in [0.29, 0.717) is 6.42 Å². The molecule has 0 radical (unpaired) electrons. The topological polar surface area (TPSA) is 94.8 Å². The number of carboxylic acids is 1. The van der Waals surface area contributed by atoms with Gasteiger partial charge in [0, 0.05) is 23.7 Å². The van der Waals surface area contributed by atoms with Gasteiger partial charge < -0.3 is 15.3 Å². The number of hydrogen-bond acceptors (Lipinski definition) is 7. The maximum Gasteiger partial charge on any atom is 0.313 e. The van der Waals surface area contributed by atoms with E-state index < -0.39 is 18.2 Å². The van der Waals surface area contributed by atoms with E-state index >= 15 is 0 Å². The van der Waals surface area contributed by atoms with Gasteiger partial charge in [-0.1, -0.05) is 24.3 Å². The van der Waals surface area contributed by atoms with Gasteiger partial charge >= 0.3 is 5.97 Å². The van der Waals surface area contributed by atoms with E-state index in [-0.39, 0.29) is 29.1 Å². The smallest absolute Gasteiger partial charge is 0.313 e. The Balaban J connectivity index is 1.83. The van der Waals surface area contributed by atoms with Crippen molar-refractivity contribution in [2.24, 2.45) is 5.92 Å². The molecule has 0 spiro atoms. The minimum atomic E-state index is -0.819. The molecule has 1 aliphatic carbocycles. The number of carbonyl (C=O) groups excluding carboxylic acids is 1. The number of carboxylic acid groups (broad SMARTS) is 1. The van der Waals surface area contributed by atoms with Crippen LogP contribution >= 0.6 is 35.3 Å². The summed E-state index contributed by atoms with van der Waals surface area (Å²) in [6.07, 6.45) is 5.55. The summed E-state index contributed by atoms with van der Waals surface area (Å²) in [5.41, 5.74) is 1.03. The highest BCUT2D eigenvalue weighted by atomic mass is 32.2. The maximum atomic E-state index is 12.2. The van der Waals surface area contributed by atoms with Crippen LogP contribution in [-0.4, -0.2) is 68.0 Å². The number of hydrogen-bond donors (Lipinski definition) is 3. The SMILES string of the molecule is CSc1ccc(CC(O)C=C[C@H]2C(O)CC(=O)C2SCCCSCC(=O)O)cc1. The van der Waals surface area contributed by atoms with Crippen LogP contribution in [0, 0.1) is 5.92 Å². The Kier molecular flexibility index (Phi) is 10.7. The van der Waals surface area contributed by atoms with Crippen LogP contribution in [-0.2, 0) is 16.0 Å². The summed E-state index contributed by atoms with van der Waals surface area (Å²) in [5, 5.41) is 28.9. The van der Waals surface area contributed by atoms with Crippen LogP contribution in [0.1, 0.15) is 18.4 Å². The number of thioether (sulfide) groups is 3. The second-order valence-corrected chi connectivity index (χ2v) is 10.1. The lowest BCUT2D eigenvalue weighted by Crippen LogP contribution is -2.22. The van der Waals surface area contributed by atoms with E-state index in [1.165, 1.54) is 28.4 Å². The molecule has 29 heavy (non-hydrogen) atoms. The van der Waals surface area contributed by atoms with E-state index in [1.54, 1.807) is 23.9 Å². The normalized spacial score (nSPS) is 23.0. The number of aliphatic hydroxyl groups excluding tert-OH is 2. The molecule has 1 aromatic rings. The molecule has 3 N–H and O–H groups in total. The zero-order chi connectivity index (χ0) is 21.2. The Morgan fingerprint density at radius 3 is 2.66 bits per heavy atom. The molecule has 8 heteroatoms. The first kappa shape index (κ1) is 24.3. The molecular formula is C21H28O5S3. The van der Waals surface area contributed by atoms with Crippen molar-refractivity contribution >= 4 is 47.0 Å². The van der Waals surface area contributed by atoms with Crippen molar-refractivity contribution < 1.29 is 24.9 Å². The van der Waals surface area contributed by atoms with E-state index in [0.717, 1.165) is 23.5 Å². The van der Waals surface area contributed by atoms with E-state index in [4.69, 9.17) is 5.11 Å². The summed E-state index contributed by atoms with van der Waals surface area (Å²) >= 11 is 4.55. The molecule has 0 saturated heterocycles. The molecular weight excluding hydrogens is 428 g/mol. The molecule has 1 aromatic carbocycles. The largest absolute Gasteiger partial charge is 0.481 e. The first-order chi connectivity index (χ1) is 13.9. The highest BCUT2D eigenvalue weighted by Crippen LogP contribution is 2.34. The predicted molar refractivity (Wildman–Crippen MR) is 122 cm³/mol. The molecule has 0 aliphatic heterocycles. The van der Waals surface area contributed by atoms with Crippen molar-refractivity contribution in [1.82, 2.24) is 0 Å². The lowest BCUT2D eigenvalue weighted by Gasteiger charge is -2.17. The van der Waals surface area contributed by atoms with Gasteiger partial charge in [-0.25, -0.2) is 0 Å². The van der Waals surface area contributed by atoms with Crippen molar-refractivity contribution in [3.63, 3.8) is 0 Å². The minimum absolute atomic E-state index is 0.0393. The van der Waals surface area contributed by atoms with Crippen molar-refractivity contribution in [3.05, 3.63) is 42.0 Å². The number of Topliss-reactive ketones (excluding diaryl/α,β-unsaturated/α-hetero) is 1. The van der Waals surface area contributed by atoms with Crippen LogP contribution in [0.5, 0.6) is 0 Å². The molecule has 0 amide bonds. The van der Waals surface area contributed by atoms with Crippen molar-refractivity contribution in [2.75, 3.05) is 23.5 Å². The average molecular weight is 457 g/mol. The average Bonchev–Trinajstić information content (AvgIpc) is 2.95. The van der Waals surface area contributed by atoms with E-state index in [2.05, 4.69) is 0 Å². The second-order valence-electron chi connectivity index (χ2n) is 6.91. The number of carbonyl (C=O) groups is 2. The van der Waals surface area contributed by atoms with Gasteiger partial charge in [0.25, 0.3) is 0 Å². The summed E-state index contributed by atoms with van der Waals surface area (Å²) in [7, 11) is 0. The lowest BCUT2D eigenvalue weighted by molar-refractivity contribution is -0.133. The second kappa shape index (κ2) is 12.7. The van der Waals surface area contributed by atoms with Crippen LogP contribution in [0.3, 0.4) is 0 Å². The first-order valence-corrected chi connectivity index (χ1v) is 12.9. The molecule has 0 bridgehead atoms. The van der Waals surface area contributed by atoms with Gasteiger partial charge in [0.1, 0.15) is 5.78 Å². The third-order valence-corrected chi connectivity index (χ3v) is 7.87. The van der Waals surface area contributed by atoms with Gasteiger partial charge in [0.2, 0.25) is 0 Å². The number of aliphatic carboxylic acids is 1. The Hall–Kier alpha value is -0.930. The fraction of sp³-hybridized carbons (Fsp3) is 0.524. The number of rotatable bonds is 12. The van der Waals surface area contributed by atoms with Gasteiger partial charge in [0.05, 0.1) is 23.2 Å². The standard InChI is InChI=1S/C21H28O5S3/c1-27-16-6-3-14(4-7-16)11-15(22)5-8-17-18(23)12-19(24)21(17)29-10-2-9-28-13-20(25)26/h3-8,15,17-18,21-23H,2,9-13H2,1H3,(H,25,26)/t15?,17-,18?,21?/m0/s1. The van der Waals surface area contributed by atoms with E-state index in [9.17, 15) is 19.8 Å². The predicted octanol–water partition coefficient (Wildman–Crippen LogP) is 3.13. The first-order valence-electron chi connectivity index (χ1n) is 9.52. The van der Waals surface area contributed by atoms with Crippen LogP contribution in [0.4, 0.5) is 0 Å². The van der Waals surface area contributed by atoms with Gasteiger partial charge in [-0.3, -0.25) is 9.59 Å². The number of aliphatic hydroxyl groups is 2. The third kappa shape index (κ3) is 8.38. The molecule has 1 saturated carbocycles. The highest BCUT2D eigenvalue weighted by molar-refractivity contribution is 8.01. The minimum Gasteiger partial charge on any atom is -0.481 e. The Labute approximate surface area is 184 Å². The van der Waals surface area contributed by atoms with Crippen molar-refractivity contribution in [3.8, 4) is 0 Å². The van der Waals surface area contributed by atoms with Crippen LogP contribution in [0.2, 0.25) is 0 Å². The Morgan fingerprint density at radius 1 is 1.28 bits per heavy atom. The number of ketones is 1. The summed E-state index contributed by atoms with van der Waals surface area (Å²) in [5.74, 6) is 0.488. The summed E-state index contributed by atoms with van der Waals surface area (Å²) < 4.78 is 0. The quantitative estimate of drug-likeness (QED) is 0.251. The van der Waals surface area contributed by atoms with Crippen LogP contribution < -0.4 is 0 Å². The Morgan fingerprint density at radius 2 is 2.00 bits per heavy atom. The molecule has 0 heterocycles. The van der Waals surface area contributed by atoms with Gasteiger partial charge in [-0.15, -0.1) is 23.5 Å². The van der Waals surface area contributed by atoms with Crippen LogP contribution in [0.15, 0.2) is 41.3 Å². The molecule has 1 fully saturated rings. The fourth-order valence-corrected chi connectivity index (χ4v) is 5.77. The van der Waals surface area contributed by atoms with Gasteiger partial charge in [0.15, 0.2) is 0 Å². The summed E-state index contributed by atoms with van der Waals surface area (Å²) in [4.78, 5) is 23.9. The molecule has 2 rings (SSSR count). The monoisotopic (exact) mass is 456 g/mol. The van der Waals surface area contributed by atoms with Gasteiger partial charge in [-0.05, 0) is 41.9 Å². The zero-order valence-electron chi connectivity index (χ0n) is 16.4. The van der Waals surface area contributed by atoms with Crippen molar-refractivity contribution in [2.45, 2.75) is 41.6 Å². The third-order valence-electron chi connectivity index (χ3n) is 4.64. The number of benzene rings is 1. The molecule has 160 valence electrons. The maximum absolute atomic E-state index is 12.2. The zero-order valence-corrected chi connectivity index (χ0v) is 18.8. The van der Waals surface area contributed by atoms with Crippen molar-refractivity contribution in [1.29, 1.82) is 0 Å². The van der Waals surface area contributed by atoms with Gasteiger partial charge in [-0.2, -0.15) is 11.8 Å². The molecule has 4 atom stereocenters. The highest BCUT2D eigenvalue weighted by Gasteiger charge is 2.40.